The minimum Gasteiger partial charge on any atom is -0.348 e. The summed E-state index contributed by atoms with van der Waals surface area (Å²) in [5, 5.41) is 9.04. The van der Waals surface area contributed by atoms with Crippen LogP contribution >= 0.6 is 11.8 Å². The zero-order chi connectivity index (χ0) is 20.4. The fourth-order valence-electron chi connectivity index (χ4n) is 3.06. The molecule has 0 radical (unpaired) electrons. The summed E-state index contributed by atoms with van der Waals surface area (Å²) in [5.41, 5.74) is 2.92. The lowest BCUT2D eigenvalue weighted by molar-refractivity contribution is 0.101. The Labute approximate surface area is 172 Å². The highest BCUT2D eigenvalue weighted by Crippen LogP contribution is 2.29. The largest absolute Gasteiger partial charge is 0.348 e. The van der Waals surface area contributed by atoms with E-state index in [-0.39, 0.29) is 17.4 Å². The number of rotatable bonds is 6. The van der Waals surface area contributed by atoms with Gasteiger partial charge in [-0.15, -0.1) is 10.2 Å². The summed E-state index contributed by atoms with van der Waals surface area (Å²) in [5.74, 6) is 0.234. The number of Topliss-reactive ketones (excluding diaryl/α,β-unsaturated/α-hetero) is 1. The summed E-state index contributed by atoms with van der Waals surface area (Å²) in [6.45, 7) is 2.00. The van der Waals surface area contributed by atoms with Crippen LogP contribution in [-0.2, 0) is 7.05 Å². The van der Waals surface area contributed by atoms with Crippen molar-refractivity contribution in [3.8, 4) is 17.1 Å². The van der Waals surface area contributed by atoms with Gasteiger partial charge in [0.25, 0.3) is 0 Å². The molecule has 0 spiro atoms. The minimum atomic E-state index is -0.371. The van der Waals surface area contributed by atoms with Gasteiger partial charge in [0.2, 0.25) is 0 Å². The predicted molar refractivity (Wildman–Crippen MR) is 112 cm³/mol. The third kappa shape index (κ3) is 3.86. The Kier molecular flexibility index (Phi) is 5.31. The number of halogens is 1. The number of carbonyl (C=O) groups is 1. The van der Waals surface area contributed by atoms with Gasteiger partial charge in [0, 0.05) is 18.9 Å². The molecule has 0 amide bonds. The topological polar surface area (TPSA) is 52.7 Å². The molecule has 0 aliphatic heterocycles. The number of hydrogen-bond acceptors (Lipinski definition) is 4. The Morgan fingerprint density at radius 3 is 2.48 bits per heavy atom. The number of benzene rings is 2. The van der Waals surface area contributed by atoms with Crippen LogP contribution in [0.3, 0.4) is 0 Å². The Morgan fingerprint density at radius 1 is 1.03 bits per heavy atom. The lowest BCUT2D eigenvalue weighted by atomic mass is 10.2. The standard InChI is InChI=1S/C22H19FN4OS/c1-15-9-11-16(12-10-15)27-21(17-6-3-4-7-18(17)23)24-25-22(27)29-14-20(28)19-8-5-13-26(19)2/h3-13H,14H2,1-2H3. The molecule has 0 saturated heterocycles. The maximum Gasteiger partial charge on any atom is 0.196 e. The lowest BCUT2D eigenvalue weighted by Gasteiger charge is -2.11. The molecule has 146 valence electrons. The predicted octanol–water partition coefficient (Wildman–Crippen LogP) is 4.70. The summed E-state index contributed by atoms with van der Waals surface area (Å²) in [6, 6.07) is 17.9. The summed E-state index contributed by atoms with van der Waals surface area (Å²) in [6.07, 6.45) is 1.84. The maximum absolute atomic E-state index is 14.4. The van der Waals surface area contributed by atoms with Crippen molar-refractivity contribution in [2.75, 3.05) is 5.75 Å². The molecule has 4 aromatic rings. The minimum absolute atomic E-state index is 0.00611. The Balaban J connectivity index is 1.72. The van der Waals surface area contributed by atoms with E-state index in [9.17, 15) is 9.18 Å². The van der Waals surface area contributed by atoms with Crippen LogP contribution in [0.1, 0.15) is 16.1 Å². The fourth-order valence-corrected chi connectivity index (χ4v) is 3.89. The van der Waals surface area contributed by atoms with E-state index in [1.165, 1.54) is 17.8 Å². The third-order valence-corrected chi connectivity index (χ3v) is 5.53. The Morgan fingerprint density at radius 2 is 1.79 bits per heavy atom. The molecule has 2 aromatic heterocycles. The highest BCUT2D eigenvalue weighted by molar-refractivity contribution is 7.99. The molecule has 0 unspecified atom stereocenters. The average molecular weight is 406 g/mol. The van der Waals surface area contributed by atoms with Gasteiger partial charge in [-0.2, -0.15) is 0 Å². The molecule has 2 heterocycles. The van der Waals surface area contributed by atoms with Gasteiger partial charge in [-0.3, -0.25) is 9.36 Å². The molecule has 5 nitrogen and oxygen atoms in total. The van der Waals surface area contributed by atoms with Crippen LogP contribution in [0.25, 0.3) is 17.1 Å². The van der Waals surface area contributed by atoms with E-state index in [1.807, 2.05) is 50.5 Å². The first-order valence-corrected chi connectivity index (χ1v) is 10.1. The van der Waals surface area contributed by atoms with Crippen molar-refractivity contribution in [1.82, 2.24) is 19.3 Å². The van der Waals surface area contributed by atoms with Crippen molar-refractivity contribution in [3.05, 3.63) is 83.9 Å². The monoisotopic (exact) mass is 406 g/mol. The zero-order valence-corrected chi connectivity index (χ0v) is 16.9. The first kappa shape index (κ1) is 19.1. The highest BCUT2D eigenvalue weighted by Gasteiger charge is 2.20. The second kappa shape index (κ2) is 8.05. The maximum atomic E-state index is 14.4. The Hall–Kier alpha value is -3.19. The van der Waals surface area contributed by atoms with Crippen molar-refractivity contribution in [2.45, 2.75) is 12.1 Å². The molecule has 4 rings (SSSR count). The summed E-state index contributed by atoms with van der Waals surface area (Å²) < 4.78 is 18.0. The molecule has 0 saturated carbocycles. The molecule has 0 N–H and O–H groups in total. The molecule has 0 bridgehead atoms. The quantitative estimate of drug-likeness (QED) is 0.344. The van der Waals surface area contributed by atoms with Crippen molar-refractivity contribution in [2.24, 2.45) is 7.05 Å². The van der Waals surface area contributed by atoms with Crippen molar-refractivity contribution in [3.63, 3.8) is 0 Å². The van der Waals surface area contributed by atoms with Crippen molar-refractivity contribution >= 4 is 17.5 Å². The molecule has 0 aliphatic rings. The fraction of sp³-hybridized carbons (Fsp3) is 0.136. The molecular formula is C22H19FN4OS. The Bertz CT molecular complexity index is 1160. The second-order valence-electron chi connectivity index (χ2n) is 6.67. The van der Waals surface area contributed by atoms with Crippen LogP contribution in [0.4, 0.5) is 4.39 Å². The number of aryl methyl sites for hydroxylation is 2. The summed E-state index contributed by atoms with van der Waals surface area (Å²) in [7, 11) is 1.84. The number of hydrogen-bond donors (Lipinski definition) is 0. The van der Waals surface area contributed by atoms with Gasteiger partial charge in [0.15, 0.2) is 16.8 Å². The molecule has 29 heavy (non-hydrogen) atoms. The van der Waals surface area contributed by atoms with Crippen molar-refractivity contribution < 1.29 is 9.18 Å². The van der Waals surface area contributed by atoms with E-state index < -0.39 is 0 Å². The van der Waals surface area contributed by atoms with E-state index in [2.05, 4.69) is 10.2 Å². The van der Waals surface area contributed by atoms with Gasteiger partial charge in [0.05, 0.1) is 17.0 Å². The molecule has 0 atom stereocenters. The van der Waals surface area contributed by atoms with Gasteiger partial charge >= 0.3 is 0 Å². The molecule has 0 aliphatic carbocycles. The smallest absolute Gasteiger partial charge is 0.196 e. The van der Waals surface area contributed by atoms with Crippen LogP contribution in [-0.4, -0.2) is 30.9 Å². The van der Waals surface area contributed by atoms with Crippen LogP contribution in [0.15, 0.2) is 72.0 Å². The zero-order valence-electron chi connectivity index (χ0n) is 16.0. The first-order chi connectivity index (χ1) is 14.0. The molecular weight excluding hydrogens is 387 g/mol. The first-order valence-electron chi connectivity index (χ1n) is 9.09. The normalized spacial score (nSPS) is 11.0. The lowest BCUT2D eigenvalue weighted by Crippen LogP contribution is -2.09. The number of thioether (sulfide) groups is 1. The van der Waals surface area contributed by atoms with E-state index in [4.69, 9.17) is 0 Å². The SMILES string of the molecule is Cc1ccc(-n2c(SCC(=O)c3cccn3C)nnc2-c2ccccc2F)cc1. The number of carbonyl (C=O) groups excluding carboxylic acids is 1. The van der Waals surface area contributed by atoms with Crippen LogP contribution in [0.5, 0.6) is 0 Å². The third-order valence-electron chi connectivity index (χ3n) is 4.60. The molecule has 7 heteroatoms. The van der Waals surface area contributed by atoms with Crippen LogP contribution in [0.2, 0.25) is 0 Å². The van der Waals surface area contributed by atoms with E-state index >= 15 is 0 Å². The summed E-state index contributed by atoms with van der Waals surface area (Å²) in [4.78, 5) is 12.6. The van der Waals surface area contributed by atoms with E-state index in [0.717, 1.165) is 11.3 Å². The van der Waals surface area contributed by atoms with Gasteiger partial charge in [0.1, 0.15) is 5.82 Å². The summed E-state index contributed by atoms with van der Waals surface area (Å²) >= 11 is 1.29. The van der Waals surface area contributed by atoms with Crippen molar-refractivity contribution in [1.29, 1.82) is 0 Å². The number of ketones is 1. The molecule has 0 fully saturated rings. The molecule has 2 aromatic carbocycles. The van der Waals surface area contributed by atoms with Gasteiger partial charge < -0.3 is 4.57 Å². The highest BCUT2D eigenvalue weighted by atomic mass is 32.2. The van der Waals surface area contributed by atoms with Crippen LogP contribution in [0, 0.1) is 12.7 Å². The number of nitrogens with zero attached hydrogens (tertiary/aromatic N) is 4. The van der Waals surface area contributed by atoms with Gasteiger partial charge in [-0.05, 0) is 43.3 Å². The van der Waals surface area contributed by atoms with E-state index in [1.54, 1.807) is 33.4 Å². The number of aromatic nitrogens is 4. The van der Waals surface area contributed by atoms with Gasteiger partial charge in [-0.25, -0.2) is 4.39 Å². The second-order valence-corrected chi connectivity index (χ2v) is 7.62. The van der Waals surface area contributed by atoms with Crippen LogP contribution < -0.4 is 0 Å². The average Bonchev–Trinajstić information content (AvgIpc) is 3.33. The van der Waals surface area contributed by atoms with Gasteiger partial charge in [-0.1, -0.05) is 41.6 Å². The van der Waals surface area contributed by atoms with E-state index in [0.29, 0.717) is 22.2 Å².